The predicted octanol–water partition coefficient (Wildman–Crippen LogP) is 4.20. The lowest BCUT2D eigenvalue weighted by molar-refractivity contribution is 0.0689. The number of carboxylic acid groups (broad SMARTS) is 1. The summed E-state index contributed by atoms with van der Waals surface area (Å²) >= 11 is 0. The average Bonchev–Trinajstić information content (AvgIpc) is 3.18. The van der Waals surface area contributed by atoms with Crippen molar-refractivity contribution in [1.82, 2.24) is 9.78 Å². The number of allylic oxidation sites excluding steroid dienone is 1. The van der Waals surface area contributed by atoms with Crippen LogP contribution in [-0.2, 0) is 6.42 Å². The van der Waals surface area contributed by atoms with Gasteiger partial charge in [0, 0.05) is 5.56 Å². The Morgan fingerprint density at radius 3 is 2.48 bits per heavy atom. The van der Waals surface area contributed by atoms with Gasteiger partial charge in [-0.25, -0.2) is 13.9 Å². The van der Waals surface area contributed by atoms with E-state index in [0.29, 0.717) is 12.1 Å². The van der Waals surface area contributed by atoms with Gasteiger partial charge in [0.15, 0.2) is 5.69 Å². The van der Waals surface area contributed by atoms with Crippen LogP contribution in [0.2, 0.25) is 0 Å². The molecule has 0 bridgehead atoms. The molecule has 5 heteroatoms. The first-order valence-corrected chi connectivity index (χ1v) is 8.00. The second-order valence-electron chi connectivity index (χ2n) is 5.95. The molecule has 1 aliphatic rings. The second-order valence-corrected chi connectivity index (χ2v) is 5.95. The van der Waals surface area contributed by atoms with E-state index in [1.807, 2.05) is 30.3 Å². The van der Waals surface area contributed by atoms with Crippen LogP contribution in [0.1, 0.15) is 33.7 Å². The van der Waals surface area contributed by atoms with E-state index in [9.17, 15) is 14.3 Å². The molecule has 0 atom stereocenters. The highest BCUT2D eigenvalue weighted by Gasteiger charge is 2.29. The molecular weight excluding hydrogens is 319 g/mol. The van der Waals surface area contributed by atoms with Crippen molar-refractivity contribution >= 4 is 17.6 Å². The van der Waals surface area contributed by atoms with Gasteiger partial charge in [0.2, 0.25) is 0 Å². The molecule has 0 aliphatic heterocycles. The van der Waals surface area contributed by atoms with E-state index in [4.69, 9.17) is 0 Å². The van der Waals surface area contributed by atoms with Crippen molar-refractivity contribution in [2.75, 3.05) is 0 Å². The van der Waals surface area contributed by atoms with Crippen LogP contribution >= 0.6 is 0 Å². The van der Waals surface area contributed by atoms with Crippen molar-refractivity contribution in [3.63, 3.8) is 0 Å². The highest BCUT2D eigenvalue weighted by molar-refractivity contribution is 5.93. The maximum absolute atomic E-state index is 13.2. The number of aromatic carboxylic acids is 1. The quantitative estimate of drug-likeness (QED) is 0.781. The van der Waals surface area contributed by atoms with Crippen LogP contribution in [0.15, 0.2) is 54.6 Å². The summed E-state index contributed by atoms with van der Waals surface area (Å²) in [5.41, 5.74) is 4.33. The third-order valence-corrected chi connectivity index (χ3v) is 4.35. The van der Waals surface area contributed by atoms with Gasteiger partial charge in [-0.05, 0) is 54.3 Å². The van der Waals surface area contributed by atoms with E-state index in [-0.39, 0.29) is 11.5 Å². The number of rotatable bonds is 3. The van der Waals surface area contributed by atoms with E-state index in [2.05, 4.69) is 11.2 Å². The molecule has 0 saturated heterocycles. The molecule has 0 radical (unpaired) electrons. The van der Waals surface area contributed by atoms with Crippen LogP contribution < -0.4 is 0 Å². The number of fused-ring (bicyclic) bond motifs is 1. The van der Waals surface area contributed by atoms with Gasteiger partial charge in [0.25, 0.3) is 0 Å². The molecule has 0 unspecified atom stereocenters. The standard InChI is InChI=1S/C20H15FN2O2/c21-15-7-9-16(10-8-15)23-19-14(12-13-4-2-1-3-5-13)6-11-17(19)18(22-23)20(24)25/h1-5,7-10,12H,6,11H2,(H,24,25)/b14-12-. The van der Waals surface area contributed by atoms with Crippen molar-refractivity contribution in [2.45, 2.75) is 12.8 Å². The molecule has 0 spiro atoms. The van der Waals surface area contributed by atoms with Gasteiger partial charge in [0.05, 0.1) is 11.4 Å². The predicted molar refractivity (Wildman–Crippen MR) is 93.1 cm³/mol. The van der Waals surface area contributed by atoms with Crippen LogP contribution in [0.5, 0.6) is 0 Å². The summed E-state index contributed by atoms with van der Waals surface area (Å²) in [4.78, 5) is 11.6. The van der Waals surface area contributed by atoms with Gasteiger partial charge < -0.3 is 5.11 Å². The summed E-state index contributed by atoms with van der Waals surface area (Å²) in [7, 11) is 0. The zero-order valence-electron chi connectivity index (χ0n) is 13.3. The van der Waals surface area contributed by atoms with Crippen molar-refractivity contribution < 1.29 is 14.3 Å². The summed E-state index contributed by atoms with van der Waals surface area (Å²) in [6.07, 6.45) is 3.44. The number of aromatic nitrogens is 2. The molecule has 1 aliphatic carbocycles. The molecule has 1 aromatic heterocycles. The molecular formula is C20H15FN2O2. The Balaban J connectivity index is 1.89. The smallest absolute Gasteiger partial charge is 0.356 e. The Morgan fingerprint density at radius 1 is 1.08 bits per heavy atom. The Kier molecular flexibility index (Phi) is 3.69. The van der Waals surface area contributed by atoms with Crippen LogP contribution in [0.4, 0.5) is 4.39 Å². The van der Waals surface area contributed by atoms with E-state index in [0.717, 1.165) is 28.8 Å². The van der Waals surface area contributed by atoms with Crippen LogP contribution in [0.25, 0.3) is 17.3 Å². The van der Waals surface area contributed by atoms with E-state index in [1.54, 1.807) is 16.8 Å². The highest BCUT2D eigenvalue weighted by atomic mass is 19.1. The molecule has 1 heterocycles. The minimum absolute atomic E-state index is 0.0655. The average molecular weight is 334 g/mol. The molecule has 0 saturated carbocycles. The van der Waals surface area contributed by atoms with Crippen molar-refractivity contribution in [3.05, 3.63) is 82.9 Å². The fourth-order valence-corrected chi connectivity index (χ4v) is 3.23. The Hall–Kier alpha value is -3.21. The van der Waals surface area contributed by atoms with Crippen molar-refractivity contribution in [3.8, 4) is 5.69 Å². The molecule has 4 nitrogen and oxygen atoms in total. The van der Waals surface area contributed by atoms with Crippen LogP contribution in [0, 0.1) is 5.82 Å². The summed E-state index contributed by atoms with van der Waals surface area (Å²) in [6.45, 7) is 0. The number of benzene rings is 2. The molecule has 0 amide bonds. The maximum atomic E-state index is 13.2. The Labute approximate surface area is 143 Å². The fraction of sp³-hybridized carbons (Fsp3) is 0.100. The number of carbonyl (C=O) groups is 1. The molecule has 3 aromatic rings. The number of hydrogen-bond acceptors (Lipinski definition) is 2. The third kappa shape index (κ3) is 2.74. The molecule has 25 heavy (non-hydrogen) atoms. The topological polar surface area (TPSA) is 55.1 Å². The van der Waals surface area contributed by atoms with Gasteiger partial charge in [0.1, 0.15) is 5.82 Å². The first-order valence-electron chi connectivity index (χ1n) is 8.00. The fourth-order valence-electron chi connectivity index (χ4n) is 3.23. The number of carboxylic acids is 1. The Bertz CT molecular complexity index is 973. The van der Waals surface area contributed by atoms with Gasteiger partial charge in [-0.3, -0.25) is 0 Å². The lowest BCUT2D eigenvalue weighted by Gasteiger charge is -2.08. The van der Waals surface area contributed by atoms with Gasteiger partial charge >= 0.3 is 5.97 Å². The second kappa shape index (κ2) is 6.02. The van der Waals surface area contributed by atoms with E-state index < -0.39 is 5.97 Å². The van der Waals surface area contributed by atoms with Gasteiger partial charge in [-0.2, -0.15) is 5.10 Å². The lowest BCUT2D eigenvalue weighted by Crippen LogP contribution is -2.04. The number of halogens is 1. The molecule has 124 valence electrons. The highest BCUT2D eigenvalue weighted by Crippen LogP contribution is 2.37. The normalized spacial score (nSPS) is 14.7. The summed E-state index contributed by atoms with van der Waals surface area (Å²) in [5.74, 6) is -1.39. The monoisotopic (exact) mass is 334 g/mol. The first-order chi connectivity index (χ1) is 12.1. The number of nitrogens with zero attached hydrogens (tertiary/aromatic N) is 2. The molecule has 4 rings (SSSR count). The Morgan fingerprint density at radius 2 is 1.80 bits per heavy atom. The first kappa shape index (κ1) is 15.3. The molecule has 0 fully saturated rings. The summed E-state index contributed by atoms with van der Waals surface area (Å²) < 4.78 is 14.9. The SMILES string of the molecule is O=C(O)c1nn(-c2ccc(F)cc2)c2c1CC/C2=C/c1ccccc1. The van der Waals surface area contributed by atoms with Crippen LogP contribution in [-0.4, -0.2) is 20.9 Å². The van der Waals surface area contributed by atoms with Crippen molar-refractivity contribution in [1.29, 1.82) is 0 Å². The van der Waals surface area contributed by atoms with E-state index >= 15 is 0 Å². The van der Waals surface area contributed by atoms with Crippen LogP contribution in [0.3, 0.4) is 0 Å². The molecule has 2 aromatic carbocycles. The lowest BCUT2D eigenvalue weighted by atomic mass is 10.1. The van der Waals surface area contributed by atoms with Gasteiger partial charge in [-0.1, -0.05) is 30.3 Å². The summed E-state index contributed by atoms with van der Waals surface area (Å²) in [6, 6.07) is 15.8. The zero-order chi connectivity index (χ0) is 17.4. The van der Waals surface area contributed by atoms with E-state index in [1.165, 1.54) is 12.1 Å². The minimum atomic E-state index is -1.04. The van der Waals surface area contributed by atoms with Gasteiger partial charge in [-0.15, -0.1) is 0 Å². The third-order valence-electron chi connectivity index (χ3n) is 4.35. The number of hydrogen-bond donors (Lipinski definition) is 1. The molecule has 1 N–H and O–H groups in total. The van der Waals surface area contributed by atoms with Crippen molar-refractivity contribution in [2.24, 2.45) is 0 Å². The maximum Gasteiger partial charge on any atom is 0.356 e. The largest absolute Gasteiger partial charge is 0.476 e. The zero-order valence-corrected chi connectivity index (χ0v) is 13.3. The summed E-state index contributed by atoms with van der Waals surface area (Å²) in [5, 5.41) is 13.8. The minimum Gasteiger partial charge on any atom is -0.476 e.